The molecule has 0 atom stereocenters. The molecule has 2 aromatic heterocycles. The van der Waals surface area contributed by atoms with Crippen molar-refractivity contribution in [2.45, 2.75) is 30.7 Å². The van der Waals surface area contributed by atoms with Gasteiger partial charge in [0.25, 0.3) is 0 Å². The second-order valence-corrected chi connectivity index (χ2v) is 10.8. The van der Waals surface area contributed by atoms with Gasteiger partial charge in [-0.05, 0) is 75.2 Å². The summed E-state index contributed by atoms with van der Waals surface area (Å²) in [5.41, 5.74) is 2.12. The normalized spacial score (nSPS) is 13.6. The van der Waals surface area contributed by atoms with Crippen molar-refractivity contribution >= 4 is 92.7 Å². The lowest BCUT2D eigenvalue weighted by molar-refractivity contribution is -0.113. The van der Waals surface area contributed by atoms with Crippen LogP contribution in [-0.2, 0) is 17.6 Å². The van der Waals surface area contributed by atoms with Crippen molar-refractivity contribution in [1.29, 1.82) is 0 Å². The summed E-state index contributed by atoms with van der Waals surface area (Å²) in [6, 6.07) is 3.80. The Balaban J connectivity index is 1.52. The molecule has 1 aliphatic rings. The molecular weight excluding hydrogens is 578 g/mol. The first kappa shape index (κ1) is 19.8. The van der Waals surface area contributed by atoms with Gasteiger partial charge in [-0.1, -0.05) is 27.7 Å². The summed E-state index contributed by atoms with van der Waals surface area (Å²) in [6.07, 6.45) is 6.28. The number of benzene rings is 1. The fraction of sp³-hybridized carbons (Fsp3) is 0.278. The highest BCUT2D eigenvalue weighted by Gasteiger charge is 2.20. The summed E-state index contributed by atoms with van der Waals surface area (Å²) in [7, 11) is 0. The third-order valence-electron chi connectivity index (χ3n) is 4.33. The Morgan fingerprint density at radius 1 is 1.15 bits per heavy atom. The van der Waals surface area contributed by atoms with Gasteiger partial charge in [0.15, 0.2) is 0 Å². The topological polar surface area (TPSA) is 54.9 Å². The first-order chi connectivity index (χ1) is 13.0. The van der Waals surface area contributed by atoms with Crippen molar-refractivity contribution in [2.75, 3.05) is 11.1 Å². The lowest BCUT2D eigenvalue weighted by Crippen LogP contribution is -2.15. The molecule has 4 rings (SSSR count). The number of nitrogens with one attached hydrogen (secondary N) is 1. The molecule has 0 bridgehead atoms. The van der Waals surface area contributed by atoms with Crippen molar-refractivity contribution < 1.29 is 4.79 Å². The van der Waals surface area contributed by atoms with Crippen LogP contribution in [0.1, 0.15) is 23.3 Å². The summed E-state index contributed by atoms with van der Waals surface area (Å²) >= 11 is 13.7. The summed E-state index contributed by atoms with van der Waals surface area (Å²) < 4.78 is 2.57. The van der Waals surface area contributed by atoms with E-state index in [1.165, 1.54) is 35.0 Å². The molecule has 0 unspecified atom stereocenters. The first-order valence-corrected chi connectivity index (χ1v) is 12.5. The first-order valence-electron chi connectivity index (χ1n) is 8.35. The molecule has 1 N–H and O–H groups in total. The van der Waals surface area contributed by atoms with E-state index >= 15 is 0 Å². The minimum absolute atomic E-state index is 0.0698. The molecule has 0 fully saturated rings. The zero-order valence-electron chi connectivity index (χ0n) is 14.0. The Hall–Kier alpha value is -0.480. The Labute approximate surface area is 190 Å². The minimum Gasteiger partial charge on any atom is -0.323 e. The van der Waals surface area contributed by atoms with Gasteiger partial charge in [0.1, 0.15) is 16.2 Å². The summed E-state index contributed by atoms with van der Waals surface area (Å²) in [6.45, 7) is 0. The van der Waals surface area contributed by atoms with Crippen LogP contribution < -0.4 is 5.32 Å². The second kappa shape index (κ2) is 8.49. The molecule has 2 heterocycles. The fourth-order valence-electron chi connectivity index (χ4n) is 3.14. The number of anilines is 1. The number of hydrogen-bond acceptors (Lipinski definition) is 5. The average molecular weight is 592 g/mol. The van der Waals surface area contributed by atoms with Crippen LogP contribution in [0, 0.1) is 0 Å². The summed E-state index contributed by atoms with van der Waals surface area (Å²) in [5.74, 6) is 0.227. The van der Waals surface area contributed by atoms with Gasteiger partial charge in [0, 0.05) is 23.7 Å². The largest absolute Gasteiger partial charge is 0.323 e. The molecule has 140 valence electrons. The third-order valence-corrected chi connectivity index (χ3v) is 8.23. The average Bonchev–Trinajstić information content (AvgIpc) is 3.02. The number of hydrogen-bond donors (Lipinski definition) is 1. The molecule has 0 radical (unpaired) electrons. The number of halogens is 3. The van der Waals surface area contributed by atoms with Gasteiger partial charge in [-0.25, -0.2) is 9.97 Å². The Morgan fingerprint density at radius 3 is 2.67 bits per heavy atom. The zero-order chi connectivity index (χ0) is 19.0. The molecule has 1 aromatic carbocycles. The van der Waals surface area contributed by atoms with E-state index in [2.05, 4.69) is 63.1 Å². The summed E-state index contributed by atoms with van der Waals surface area (Å²) in [5, 5.41) is 5.02. The highest BCUT2D eigenvalue weighted by atomic mass is 79.9. The smallest absolute Gasteiger partial charge is 0.234 e. The van der Waals surface area contributed by atoms with E-state index in [4.69, 9.17) is 0 Å². The quantitative estimate of drug-likeness (QED) is 0.275. The number of amides is 1. The van der Waals surface area contributed by atoms with E-state index in [9.17, 15) is 4.79 Å². The van der Waals surface area contributed by atoms with E-state index in [0.29, 0.717) is 5.75 Å². The number of carbonyl (C=O) groups is 1. The van der Waals surface area contributed by atoms with E-state index in [0.717, 1.165) is 47.2 Å². The standard InChI is InChI=1S/C18H14Br3N3OS2/c19-9-5-11(20)16(12(21)6-9)24-14(25)7-26-17-15-10-3-1-2-4-13(10)27-18(15)23-8-22-17/h5-6,8H,1-4,7H2,(H,24,25). The Bertz CT molecular complexity index is 1020. The number of aromatic nitrogens is 2. The number of aryl methyl sites for hydroxylation is 2. The van der Waals surface area contributed by atoms with Crippen molar-refractivity contribution in [1.82, 2.24) is 9.97 Å². The monoisotopic (exact) mass is 589 g/mol. The maximum atomic E-state index is 12.5. The van der Waals surface area contributed by atoms with Crippen LogP contribution in [0.4, 0.5) is 5.69 Å². The molecule has 3 aromatic rings. The van der Waals surface area contributed by atoms with Crippen LogP contribution in [0.15, 0.2) is 36.9 Å². The van der Waals surface area contributed by atoms with E-state index in [1.807, 2.05) is 12.1 Å². The lowest BCUT2D eigenvalue weighted by atomic mass is 9.97. The van der Waals surface area contributed by atoms with E-state index < -0.39 is 0 Å². The molecule has 1 amide bonds. The van der Waals surface area contributed by atoms with Crippen molar-refractivity contribution in [3.63, 3.8) is 0 Å². The number of nitrogens with zero attached hydrogens (tertiary/aromatic N) is 2. The predicted molar refractivity (Wildman–Crippen MR) is 123 cm³/mol. The van der Waals surface area contributed by atoms with Gasteiger partial charge in [-0.2, -0.15) is 0 Å². The highest BCUT2D eigenvalue weighted by Crippen LogP contribution is 2.39. The van der Waals surface area contributed by atoms with E-state index in [1.54, 1.807) is 17.7 Å². The second-order valence-electron chi connectivity index (χ2n) is 6.15. The van der Waals surface area contributed by atoms with E-state index in [-0.39, 0.29) is 5.91 Å². The minimum atomic E-state index is -0.0698. The van der Waals surface area contributed by atoms with Gasteiger partial charge in [-0.15, -0.1) is 11.3 Å². The molecule has 4 nitrogen and oxygen atoms in total. The van der Waals surface area contributed by atoms with Gasteiger partial charge >= 0.3 is 0 Å². The van der Waals surface area contributed by atoms with Crippen LogP contribution in [0.25, 0.3) is 10.2 Å². The van der Waals surface area contributed by atoms with Crippen LogP contribution in [0.2, 0.25) is 0 Å². The molecular formula is C18H14Br3N3OS2. The molecule has 0 saturated carbocycles. The Kier molecular flexibility index (Phi) is 6.23. The molecule has 0 spiro atoms. The van der Waals surface area contributed by atoms with Gasteiger partial charge in [-0.3, -0.25) is 4.79 Å². The third kappa shape index (κ3) is 4.27. The fourth-order valence-corrected chi connectivity index (χ4v) is 7.72. The highest BCUT2D eigenvalue weighted by molar-refractivity contribution is 9.11. The number of carbonyl (C=O) groups excluding carboxylic acids is 1. The van der Waals surface area contributed by atoms with Gasteiger partial charge in [0.05, 0.1) is 11.4 Å². The summed E-state index contributed by atoms with van der Waals surface area (Å²) in [4.78, 5) is 23.9. The van der Waals surface area contributed by atoms with Crippen LogP contribution >= 0.6 is 70.9 Å². The molecule has 27 heavy (non-hydrogen) atoms. The Morgan fingerprint density at radius 2 is 1.89 bits per heavy atom. The molecule has 9 heteroatoms. The number of rotatable bonds is 4. The maximum absolute atomic E-state index is 12.5. The van der Waals surface area contributed by atoms with Gasteiger partial charge in [0.2, 0.25) is 5.91 Å². The SMILES string of the molecule is O=C(CSc1ncnc2sc3c(c12)CCCC3)Nc1c(Br)cc(Br)cc1Br. The lowest BCUT2D eigenvalue weighted by Gasteiger charge is -2.12. The zero-order valence-corrected chi connectivity index (χ0v) is 20.4. The van der Waals surface area contributed by atoms with Gasteiger partial charge < -0.3 is 5.32 Å². The predicted octanol–water partition coefficient (Wildman–Crippen LogP) is 6.59. The van der Waals surface area contributed by atoms with Crippen molar-refractivity contribution in [3.8, 4) is 0 Å². The van der Waals surface area contributed by atoms with Crippen LogP contribution in [-0.4, -0.2) is 21.6 Å². The number of fused-ring (bicyclic) bond motifs is 3. The van der Waals surface area contributed by atoms with Crippen LogP contribution in [0.3, 0.4) is 0 Å². The van der Waals surface area contributed by atoms with Crippen molar-refractivity contribution in [2.24, 2.45) is 0 Å². The molecule has 0 aliphatic heterocycles. The van der Waals surface area contributed by atoms with Crippen LogP contribution in [0.5, 0.6) is 0 Å². The maximum Gasteiger partial charge on any atom is 0.234 e. The number of thiophene rings is 1. The molecule has 0 saturated heterocycles. The number of thioether (sulfide) groups is 1. The molecule has 1 aliphatic carbocycles. The van der Waals surface area contributed by atoms with Crippen molar-refractivity contribution in [3.05, 3.63) is 42.3 Å².